The van der Waals surface area contributed by atoms with Crippen LogP contribution in [0.5, 0.6) is 0 Å². The normalized spacial score (nSPS) is 18.0. The van der Waals surface area contributed by atoms with Gasteiger partial charge in [0.05, 0.1) is 18.7 Å². The summed E-state index contributed by atoms with van der Waals surface area (Å²) >= 11 is 0. The number of hydrogen-bond acceptors (Lipinski definition) is 4. The predicted molar refractivity (Wildman–Crippen MR) is 87.4 cm³/mol. The lowest BCUT2D eigenvalue weighted by Gasteiger charge is -2.29. The molecule has 0 aromatic heterocycles. The summed E-state index contributed by atoms with van der Waals surface area (Å²) in [5.41, 5.74) is 2.05. The molecule has 0 spiro atoms. The van der Waals surface area contributed by atoms with Crippen molar-refractivity contribution < 1.29 is 19.1 Å². The van der Waals surface area contributed by atoms with Gasteiger partial charge in [0.25, 0.3) is 0 Å². The SMILES string of the molecule is COC(=O)c1ccc(C2CCCN2C(=O)OC(C)(C)C)c(C)c1. The molecule has 5 heteroatoms. The van der Waals surface area contributed by atoms with Gasteiger partial charge in [-0.25, -0.2) is 9.59 Å². The number of ether oxygens (including phenoxy) is 2. The fraction of sp³-hybridized carbons (Fsp3) is 0.556. The van der Waals surface area contributed by atoms with E-state index in [1.54, 1.807) is 11.0 Å². The highest BCUT2D eigenvalue weighted by atomic mass is 16.6. The highest BCUT2D eigenvalue weighted by Gasteiger charge is 2.33. The van der Waals surface area contributed by atoms with Crippen molar-refractivity contribution in [3.63, 3.8) is 0 Å². The number of rotatable bonds is 2. The van der Waals surface area contributed by atoms with Crippen LogP contribution in [0.1, 0.15) is 61.1 Å². The third-order valence-electron chi connectivity index (χ3n) is 3.93. The van der Waals surface area contributed by atoms with E-state index in [-0.39, 0.29) is 18.1 Å². The van der Waals surface area contributed by atoms with Gasteiger partial charge in [0.1, 0.15) is 5.60 Å². The average molecular weight is 319 g/mol. The van der Waals surface area contributed by atoms with Crippen LogP contribution in [-0.4, -0.2) is 36.2 Å². The summed E-state index contributed by atoms with van der Waals surface area (Å²) in [7, 11) is 1.37. The van der Waals surface area contributed by atoms with E-state index in [1.807, 2.05) is 39.8 Å². The van der Waals surface area contributed by atoms with Gasteiger partial charge in [0, 0.05) is 6.54 Å². The number of hydrogen-bond donors (Lipinski definition) is 0. The van der Waals surface area contributed by atoms with Crippen molar-refractivity contribution in [3.8, 4) is 0 Å². The molecule has 1 atom stereocenters. The molecule has 0 aliphatic carbocycles. The van der Waals surface area contributed by atoms with Crippen LogP contribution in [0.3, 0.4) is 0 Å². The Morgan fingerprint density at radius 3 is 2.52 bits per heavy atom. The smallest absolute Gasteiger partial charge is 0.410 e. The zero-order chi connectivity index (χ0) is 17.2. The van der Waals surface area contributed by atoms with E-state index in [0.717, 1.165) is 24.0 Å². The molecule has 23 heavy (non-hydrogen) atoms. The maximum Gasteiger partial charge on any atom is 0.410 e. The molecule has 5 nitrogen and oxygen atoms in total. The molecule has 0 radical (unpaired) electrons. The zero-order valence-corrected chi connectivity index (χ0v) is 14.5. The van der Waals surface area contributed by atoms with Crippen molar-refractivity contribution in [3.05, 3.63) is 34.9 Å². The van der Waals surface area contributed by atoms with E-state index in [2.05, 4.69) is 0 Å². The molecule has 0 N–H and O–H groups in total. The van der Waals surface area contributed by atoms with Crippen LogP contribution in [0.15, 0.2) is 18.2 Å². The molecule has 0 bridgehead atoms. The van der Waals surface area contributed by atoms with E-state index in [4.69, 9.17) is 9.47 Å². The molecular weight excluding hydrogens is 294 g/mol. The maximum atomic E-state index is 12.4. The lowest BCUT2D eigenvalue weighted by Crippen LogP contribution is -2.36. The predicted octanol–water partition coefficient (Wildman–Crippen LogP) is 3.85. The first-order chi connectivity index (χ1) is 10.7. The molecule has 1 aromatic carbocycles. The summed E-state index contributed by atoms with van der Waals surface area (Å²) in [6.45, 7) is 8.25. The van der Waals surface area contributed by atoms with Gasteiger partial charge in [-0.3, -0.25) is 0 Å². The van der Waals surface area contributed by atoms with Crippen molar-refractivity contribution in [2.24, 2.45) is 0 Å². The number of aryl methyl sites for hydroxylation is 1. The first-order valence-corrected chi connectivity index (χ1v) is 7.91. The summed E-state index contributed by atoms with van der Waals surface area (Å²) in [6.07, 6.45) is 1.57. The van der Waals surface area contributed by atoms with Crippen molar-refractivity contribution in [1.29, 1.82) is 0 Å². The highest BCUT2D eigenvalue weighted by molar-refractivity contribution is 5.89. The minimum Gasteiger partial charge on any atom is -0.465 e. The van der Waals surface area contributed by atoms with Crippen LogP contribution in [0, 0.1) is 6.92 Å². The summed E-state index contributed by atoms with van der Waals surface area (Å²) in [6, 6.07) is 5.47. The number of esters is 1. The Morgan fingerprint density at radius 2 is 1.96 bits per heavy atom. The first-order valence-electron chi connectivity index (χ1n) is 7.91. The van der Waals surface area contributed by atoms with Gasteiger partial charge in [0.15, 0.2) is 0 Å². The molecule has 1 amide bonds. The van der Waals surface area contributed by atoms with Crippen molar-refractivity contribution >= 4 is 12.1 Å². The van der Waals surface area contributed by atoms with E-state index >= 15 is 0 Å². The number of benzene rings is 1. The lowest BCUT2D eigenvalue weighted by molar-refractivity contribution is 0.0223. The topological polar surface area (TPSA) is 55.8 Å². The van der Waals surface area contributed by atoms with Gasteiger partial charge < -0.3 is 14.4 Å². The van der Waals surface area contributed by atoms with E-state index in [9.17, 15) is 9.59 Å². The molecule has 126 valence electrons. The second-order valence-corrected chi connectivity index (χ2v) is 6.89. The number of nitrogens with zero attached hydrogens (tertiary/aromatic N) is 1. The Labute approximate surface area is 137 Å². The Hall–Kier alpha value is -2.04. The molecule has 1 aliphatic rings. The largest absolute Gasteiger partial charge is 0.465 e. The standard InChI is InChI=1S/C18H25NO4/c1-12-11-13(16(20)22-5)8-9-14(12)15-7-6-10-19(15)17(21)23-18(2,3)4/h8-9,11,15H,6-7,10H2,1-5H3. The van der Waals surface area contributed by atoms with Crippen LogP contribution >= 0.6 is 0 Å². The van der Waals surface area contributed by atoms with E-state index in [1.165, 1.54) is 7.11 Å². The van der Waals surface area contributed by atoms with Gasteiger partial charge in [-0.1, -0.05) is 6.07 Å². The minimum absolute atomic E-state index is 0.00320. The second kappa shape index (κ2) is 6.60. The Kier molecular flexibility index (Phi) is 4.97. The minimum atomic E-state index is -0.506. The van der Waals surface area contributed by atoms with Crippen LogP contribution in [0.4, 0.5) is 4.79 Å². The monoisotopic (exact) mass is 319 g/mol. The van der Waals surface area contributed by atoms with E-state index in [0.29, 0.717) is 12.1 Å². The van der Waals surface area contributed by atoms with E-state index < -0.39 is 5.60 Å². The fourth-order valence-electron chi connectivity index (χ4n) is 2.92. The quantitative estimate of drug-likeness (QED) is 0.777. The molecule has 1 fully saturated rings. The fourth-order valence-corrected chi connectivity index (χ4v) is 2.92. The summed E-state index contributed by atoms with van der Waals surface area (Å²) in [5.74, 6) is -0.352. The summed E-state index contributed by atoms with van der Waals surface area (Å²) in [4.78, 5) is 25.8. The van der Waals surface area contributed by atoms with Gasteiger partial charge in [-0.05, 0) is 63.8 Å². The molecule has 0 saturated carbocycles. The van der Waals surface area contributed by atoms with Crippen LogP contribution in [-0.2, 0) is 9.47 Å². The molecule has 1 saturated heterocycles. The molecule has 1 unspecified atom stereocenters. The molecule has 1 aliphatic heterocycles. The summed E-state index contributed by atoms with van der Waals surface area (Å²) in [5, 5.41) is 0. The van der Waals surface area contributed by atoms with Crippen molar-refractivity contribution in [2.75, 3.05) is 13.7 Å². The summed E-state index contributed by atoms with van der Waals surface area (Å²) < 4.78 is 10.3. The third-order valence-corrected chi connectivity index (χ3v) is 3.93. The average Bonchev–Trinajstić information content (AvgIpc) is 2.93. The van der Waals surface area contributed by atoms with Gasteiger partial charge in [-0.15, -0.1) is 0 Å². The van der Waals surface area contributed by atoms with Crippen LogP contribution in [0.2, 0.25) is 0 Å². The number of likely N-dealkylation sites (tertiary alicyclic amines) is 1. The number of methoxy groups -OCH3 is 1. The number of carbonyl (C=O) groups is 2. The lowest BCUT2D eigenvalue weighted by atomic mass is 9.97. The maximum absolute atomic E-state index is 12.4. The number of amides is 1. The molecule has 2 rings (SSSR count). The van der Waals surface area contributed by atoms with Crippen molar-refractivity contribution in [2.45, 2.75) is 52.2 Å². The zero-order valence-electron chi connectivity index (χ0n) is 14.5. The van der Waals surface area contributed by atoms with Crippen LogP contribution < -0.4 is 0 Å². The third kappa shape index (κ3) is 4.03. The van der Waals surface area contributed by atoms with Gasteiger partial charge in [-0.2, -0.15) is 0 Å². The molecule has 1 heterocycles. The highest BCUT2D eigenvalue weighted by Crippen LogP contribution is 2.35. The van der Waals surface area contributed by atoms with Crippen LogP contribution in [0.25, 0.3) is 0 Å². The first kappa shape index (κ1) is 17.3. The Morgan fingerprint density at radius 1 is 1.26 bits per heavy atom. The van der Waals surface area contributed by atoms with Crippen molar-refractivity contribution in [1.82, 2.24) is 4.90 Å². The van der Waals surface area contributed by atoms with Gasteiger partial charge in [0.2, 0.25) is 0 Å². The van der Waals surface area contributed by atoms with Gasteiger partial charge >= 0.3 is 12.1 Å². The Balaban J connectivity index is 2.23. The number of carbonyl (C=O) groups excluding carboxylic acids is 2. The second-order valence-electron chi connectivity index (χ2n) is 6.89. The Bertz CT molecular complexity index is 604. The molecular formula is C18H25NO4. The molecule has 1 aromatic rings.